The van der Waals surface area contributed by atoms with Crippen molar-refractivity contribution in [1.29, 1.82) is 0 Å². The van der Waals surface area contributed by atoms with Crippen molar-refractivity contribution >= 4 is 33.7 Å². The van der Waals surface area contributed by atoms with Gasteiger partial charge in [0, 0.05) is 18.9 Å². The normalized spacial score (nSPS) is 12.5. The van der Waals surface area contributed by atoms with Crippen LogP contribution in [0.5, 0.6) is 0 Å². The van der Waals surface area contributed by atoms with E-state index in [1.807, 2.05) is 24.3 Å². The van der Waals surface area contributed by atoms with Crippen molar-refractivity contribution < 1.29 is 9.63 Å². The molecule has 1 amide bonds. The molecule has 0 aliphatic carbocycles. The number of nitrogen functional groups attached to an aromatic ring is 1. The van der Waals surface area contributed by atoms with E-state index < -0.39 is 6.04 Å². The minimum Gasteiger partial charge on any atom is -0.382 e. The Morgan fingerprint density at radius 3 is 2.38 bits per heavy atom. The summed E-state index contributed by atoms with van der Waals surface area (Å²) in [6.07, 6.45) is 12.2. The molecule has 2 N–H and O–H groups in total. The van der Waals surface area contributed by atoms with E-state index in [1.54, 1.807) is 7.05 Å². The molecule has 3 rings (SSSR count). The lowest BCUT2D eigenvalue weighted by molar-refractivity contribution is -0.172. The number of pyridine rings is 1. The minimum atomic E-state index is -0.401. The Kier molecular flexibility index (Phi) is 9.69. The van der Waals surface area contributed by atoms with E-state index in [9.17, 15) is 4.79 Å². The number of rotatable bonds is 14. The van der Waals surface area contributed by atoms with Crippen molar-refractivity contribution in [2.45, 2.75) is 90.5 Å². The summed E-state index contributed by atoms with van der Waals surface area (Å²) in [5, 5.41) is 2.30. The number of likely N-dealkylation sites (N-methyl/N-ethyl adjacent to an activating group) is 1. The molecular formula is C27H41N5O2. The fraction of sp³-hybridized carbons (Fsp3) is 0.593. The van der Waals surface area contributed by atoms with E-state index in [-0.39, 0.29) is 5.91 Å². The van der Waals surface area contributed by atoms with Gasteiger partial charge in [0.05, 0.1) is 18.1 Å². The van der Waals surface area contributed by atoms with Crippen molar-refractivity contribution in [3.8, 4) is 0 Å². The molecule has 0 fully saturated rings. The van der Waals surface area contributed by atoms with Gasteiger partial charge in [-0.05, 0) is 18.9 Å². The average Bonchev–Trinajstić information content (AvgIpc) is 3.22. The Balaban J connectivity index is 1.97. The maximum Gasteiger partial charge on any atom is 0.268 e. The van der Waals surface area contributed by atoms with Crippen LogP contribution >= 0.6 is 0 Å². The summed E-state index contributed by atoms with van der Waals surface area (Å²) in [4.78, 5) is 28.3. The number of para-hydroxylation sites is 1. The largest absolute Gasteiger partial charge is 0.382 e. The van der Waals surface area contributed by atoms with Crippen LogP contribution in [0, 0.1) is 0 Å². The molecule has 7 heteroatoms. The molecule has 0 aliphatic rings. The number of carbonyl (C=O) groups excluding carboxylic acids is 1. The highest BCUT2D eigenvalue weighted by Gasteiger charge is 2.29. The molecule has 0 saturated carbocycles. The molecule has 0 radical (unpaired) electrons. The van der Waals surface area contributed by atoms with E-state index in [4.69, 9.17) is 15.6 Å². The number of unbranched alkanes of at least 4 members (excludes halogenated alkanes) is 7. The third-order valence-electron chi connectivity index (χ3n) is 6.61. The molecule has 1 aromatic carbocycles. The second kappa shape index (κ2) is 12.7. The summed E-state index contributed by atoms with van der Waals surface area (Å²) in [5.74, 6) is 1.22. The van der Waals surface area contributed by atoms with Gasteiger partial charge in [0.15, 0.2) is 5.82 Å². The smallest absolute Gasteiger partial charge is 0.268 e. The summed E-state index contributed by atoms with van der Waals surface area (Å²) in [6.45, 7) is 4.37. The van der Waals surface area contributed by atoms with Gasteiger partial charge < -0.3 is 10.3 Å². The third kappa shape index (κ3) is 5.87. The van der Waals surface area contributed by atoms with E-state index >= 15 is 0 Å². The topological polar surface area (TPSA) is 86.3 Å². The maximum absolute atomic E-state index is 13.5. The number of carbonyl (C=O) groups is 1. The molecular weight excluding hydrogens is 426 g/mol. The van der Waals surface area contributed by atoms with Gasteiger partial charge in [0.1, 0.15) is 17.4 Å². The number of hydroxylamine groups is 2. The average molecular weight is 468 g/mol. The molecule has 0 aliphatic heterocycles. The van der Waals surface area contributed by atoms with Crippen LogP contribution in [0.2, 0.25) is 0 Å². The highest BCUT2D eigenvalue weighted by atomic mass is 16.7. The molecule has 1 unspecified atom stereocenters. The molecule has 0 spiro atoms. The van der Waals surface area contributed by atoms with Crippen LogP contribution in [0.1, 0.15) is 89.9 Å². The Bertz CT molecular complexity index is 1080. The Hall–Kier alpha value is -2.67. The Morgan fingerprint density at radius 2 is 1.71 bits per heavy atom. The van der Waals surface area contributed by atoms with E-state index in [0.717, 1.165) is 54.3 Å². The first-order chi connectivity index (χ1) is 16.5. The van der Waals surface area contributed by atoms with Crippen LogP contribution < -0.4 is 5.73 Å². The molecule has 3 aromatic rings. The van der Waals surface area contributed by atoms with Gasteiger partial charge in [-0.25, -0.2) is 15.0 Å². The van der Waals surface area contributed by atoms with Crippen molar-refractivity contribution in [2.75, 3.05) is 19.9 Å². The second-order valence-corrected chi connectivity index (χ2v) is 9.16. The summed E-state index contributed by atoms with van der Waals surface area (Å²) in [5.41, 5.74) is 8.73. The number of hydrogen-bond donors (Lipinski definition) is 1. The Labute approximate surface area is 203 Å². The summed E-state index contributed by atoms with van der Waals surface area (Å²) in [7, 11) is 3.21. The van der Waals surface area contributed by atoms with E-state index in [2.05, 4.69) is 23.4 Å². The van der Waals surface area contributed by atoms with Crippen molar-refractivity contribution in [1.82, 2.24) is 19.6 Å². The van der Waals surface area contributed by atoms with Gasteiger partial charge in [0.2, 0.25) is 0 Å². The number of anilines is 1. The van der Waals surface area contributed by atoms with Crippen molar-refractivity contribution in [3.05, 3.63) is 30.1 Å². The quantitative estimate of drug-likeness (QED) is 0.225. The van der Waals surface area contributed by atoms with Crippen LogP contribution in [-0.2, 0) is 16.1 Å². The number of amides is 1. The predicted octanol–water partition coefficient (Wildman–Crippen LogP) is 6.21. The first kappa shape index (κ1) is 25.9. The number of benzene rings is 1. The molecule has 2 aromatic heterocycles. The first-order valence-corrected chi connectivity index (χ1v) is 12.9. The van der Waals surface area contributed by atoms with Gasteiger partial charge in [-0.15, -0.1) is 0 Å². The van der Waals surface area contributed by atoms with Crippen LogP contribution in [-0.4, -0.2) is 39.7 Å². The van der Waals surface area contributed by atoms with Crippen LogP contribution in [0.15, 0.2) is 24.3 Å². The lowest BCUT2D eigenvalue weighted by atomic mass is 10.0. The van der Waals surface area contributed by atoms with Gasteiger partial charge in [-0.2, -0.15) is 0 Å². The minimum absolute atomic E-state index is 0.0680. The zero-order chi connectivity index (χ0) is 24.5. The maximum atomic E-state index is 13.5. The van der Waals surface area contributed by atoms with Crippen LogP contribution in [0.3, 0.4) is 0 Å². The second-order valence-electron chi connectivity index (χ2n) is 9.16. The Morgan fingerprint density at radius 1 is 1.03 bits per heavy atom. The van der Waals surface area contributed by atoms with Crippen molar-refractivity contribution in [3.63, 3.8) is 0 Å². The van der Waals surface area contributed by atoms with Gasteiger partial charge in [-0.1, -0.05) is 83.4 Å². The number of fused-ring (bicyclic) bond motifs is 3. The van der Waals surface area contributed by atoms with Crippen molar-refractivity contribution in [2.24, 2.45) is 0 Å². The van der Waals surface area contributed by atoms with E-state index in [1.165, 1.54) is 50.7 Å². The van der Waals surface area contributed by atoms with Gasteiger partial charge in [0.25, 0.3) is 5.91 Å². The zero-order valence-electron chi connectivity index (χ0n) is 21.3. The molecule has 0 bridgehead atoms. The summed E-state index contributed by atoms with van der Waals surface area (Å²) >= 11 is 0. The number of aromatic nitrogens is 3. The summed E-state index contributed by atoms with van der Waals surface area (Å²) in [6, 6.07) is 7.54. The number of nitrogens with zero attached hydrogens (tertiary/aromatic N) is 4. The molecule has 2 heterocycles. The number of hydrogen-bond acceptors (Lipinski definition) is 5. The van der Waals surface area contributed by atoms with Crippen LogP contribution in [0.4, 0.5) is 5.82 Å². The van der Waals surface area contributed by atoms with Gasteiger partial charge in [-0.3, -0.25) is 9.63 Å². The van der Waals surface area contributed by atoms with Crippen LogP contribution in [0.25, 0.3) is 21.9 Å². The van der Waals surface area contributed by atoms with E-state index in [0.29, 0.717) is 11.3 Å². The molecule has 7 nitrogen and oxygen atoms in total. The number of nitrogens with two attached hydrogens (primary N) is 1. The molecule has 0 saturated heterocycles. The first-order valence-electron chi connectivity index (χ1n) is 12.9. The van der Waals surface area contributed by atoms with Gasteiger partial charge >= 0.3 is 0 Å². The number of aryl methyl sites for hydroxylation is 1. The molecule has 34 heavy (non-hydrogen) atoms. The summed E-state index contributed by atoms with van der Waals surface area (Å²) < 4.78 is 2.12. The number of imidazole rings is 1. The molecule has 186 valence electrons. The lowest BCUT2D eigenvalue weighted by Gasteiger charge is -2.25. The lowest BCUT2D eigenvalue weighted by Crippen LogP contribution is -2.34. The SMILES string of the molecule is CCCCCCCCCCC(C(=O)N(C)OC)n1c(CCC)nc2c(N)nc3ccccc3c21. The predicted molar refractivity (Wildman–Crippen MR) is 139 cm³/mol. The fourth-order valence-corrected chi connectivity index (χ4v) is 4.74. The zero-order valence-corrected chi connectivity index (χ0v) is 21.3. The highest BCUT2D eigenvalue weighted by molar-refractivity contribution is 6.07. The molecule has 1 atom stereocenters. The standard InChI is InChI=1S/C27H41N5O2/c1-5-7-8-9-10-11-12-13-19-22(27(33)31(3)34-4)32-23(16-6-2)30-24-25(32)20-17-14-15-18-21(20)29-26(24)28/h14-15,17-18,22H,5-13,16,19H2,1-4H3,(H2,28,29). The monoisotopic (exact) mass is 467 g/mol. The third-order valence-corrected chi connectivity index (χ3v) is 6.61. The highest BCUT2D eigenvalue weighted by Crippen LogP contribution is 2.34. The fourth-order valence-electron chi connectivity index (χ4n) is 4.74.